The Morgan fingerprint density at radius 2 is 2.25 bits per heavy atom. The third kappa shape index (κ3) is 3.94. The van der Waals surface area contributed by atoms with Crippen LogP contribution in [0.4, 0.5) is 4.39 Å². The Labute approximate surface area is 144 Å². The summed E-state index contributed by atoms with van der Waals surface area (Å²) in [6, 6.07) is 6.60. The average Bonchev–Trinajstić information content (AvgIpc) is 2.99. The predicted octanol–water partition coefficient (Wildman–Crippen LogP) is 3.14. The van der Waals surface area contributed by atoms with Gasteiger partial charge in [0.2, 0.25) is 0 Å². The lowest BCUT2D eigenvalue weighted by Crippen LogP contribution is -2.34. The Balaban J connectivity index is 1.68. The van der Waals surface area contributed by atoms with Crippen molar-refractivity contribution in [2.24, 2.45) is 0 Å². The van der Waals surface area contributed by atoms with Crippen LogP contribution in [0.15, 0.2) is 30.5 Å². The van der Waals surface area contributed by atoms with Crippen LogP contribution in [-0.4, -0.2) is 38.8 Å². The van der Waals surface area contributed by atoms with E-state index in [4.69, 9.17) is 16.7 Å². The summed E-state index contributed by atoms with van der Waals surface area (Å²) in [7, 11) is 0. The molecule has 0 spiro atoms. The molecule has 1 aliphatic heterocycles. The summed E-state index contributed by atoms with van der Waals surface area (Å²) in [5, 5.41) is 13.6. The second-order valence-electron chi connectivity index (χ2n) is 6.11. The number of aromatic nitrogens is 2. The van der Waals surface area contributed by atoms with Crippen molar-refractivity contribution in [2.45, 2.75) is 31.8 Å². The maximum Gasteiger partial charge on any atom is 0.325 e. The molecule has 1 unspecified atom stereocenters. The number of hydrogen-bond donors (Lipinski definition) is 1. The average molecular weight is 352 g/mol. The molecule has 7 heteroatoms. The lowest BCUT2D eigenvalue weighted by Gasteiger charge is -2.32. The van der Waals surface area contributed by atoms with Crippen LogP contribution >= 0.6 is 11.6 Å². The number of carboxylic acid groups (broad SMARTS) is 1. The number of aliphatic carboxylic acids is 1. The molecule has 24 heavy (non-hydrogen) atoms. The van der Waals surface area contributed by atoms with Crippen molar-refractivity contribution in [2.75, 3.05) is 13.1 Å². The number of carboxylic acids is 1. The molecule has 1 atom stereocenters. The molecule has 1 aliphatic rings. The molecule has 1 saturated heterocycles. The molecule has 128 valence electrons. The lowest BCUT2D eigenvalue weighted by atomic mass is 9.94. The van der Waals surface area contributed by atoms with Gasteiger partial charge in [-0.15, -0.1) is 0 Å². The van der Waals surface area contributed by atoms with E-state index in [1.165, 1.54) is 10.7 Å². The van der Waals surface area contributed by atoms with Crippen molar-refractivity contribution in [3.05, 3.63) is 52.6 Å². The number of rotatable bonds is 5. The summed E-state index contributed by atoms with van der Waals surface area (Å²) in [5.41, 5.74) is 1.41. The maximum atomic E-state index is 14.0. The van der Waals surface area contributed by atoms with Crippen molar-refractivity contribution in [3.8, 4) is 0 Å². The minimum atomic E-state index is -0.913. The number of likely N-dealkylation sites (tertiary alicyclic amines) is 1. The molecule has 0 amide bonds. The van der Waals surface area contributed by atoms with Crippen LogP contribution in [-0.2, 0) is 17.9 Å². The van der Waals surface area contributed by atoms with Crippen molar-refractivity contribution in [1.82, 2.24) is 14.7 Å². The van der Waals surface area contributed by atoms with Gasteiger partial charge in [0, 0.05) is 35.8 Å². The number of carbonyl (C=O) groups is 1. The summed E-state index contributed by atoms with van der Waals surface area (Å²) in [6.45, 7) is 1.98. The Hall–Kier alpha value is -1.92. The second kappa shape index (κ2) is 7.32. The molecule has 0 radical (unpaired) electrons. The first kappa shape index (κ1) is 16.9. The third-order valence-corrected chi connectivity index (χ3v) is 4.68. The lowest BCUT2D eigenvalue weighted by molar-refractivity contribution is -0.137. The first-order valence-corrected chi connectivity index (χ1v) is 8.31. The smallest absolute Gasteiger partial charge is 0.325 e. The molecule has 2 heterocycles. The first-order chi connectivity index (χ1) is 11.5. The van der Waals surface area contributed by atoms with E-state index in [9.17, 15) is 9.18 Å². The van der Waals surface area contributed by atoms with E-state index in [2.05, 4.69) is 10.00 Å². The highest BCUT2D eigenvalue weighted by molar-refractivity contribution is 6.31. The Morgan fingerprint density at radius 3 is 3.00 bits per heavy atom. The first-order valence-electron chi connectivity index (χ1n) is 7.93. The Kier molecular flexibility index (Phi) is 5.16. The molecule has 1 N–H and O–H groups in total. The van der Waals surface area contributed by atoms with Gasteiger partial charge in [0.1, 0.15) is 12.4 Å². The molecule has 1 aromatic carbocycles. The van der Waals surface area contributed by atoms with Gasteiger partial charge < -0.3 is 5.11 Å². The van der Waals surface area contributed by atoms with Gasteiger partial charge in [-0.3, -0.25) is 14.4 Å². The van der Waals surface area contributed by atoms with E-state index >= 15 is 0 Å². The zero-order chi connectivity index (χ0) is 17.1. The monoisotopic (exact) mass is 351 g/mol. The van der Waals surface area contributed by atoms with E-state index in [1.54, 1.807) is 18.3 Å². The van der Waals surface area contributed by atoms with Crippen LogP contribution in [0, 0.1) is 5.82 Å². The van der Waals surface area contributed by atoms with Crippen LogP contribution in [0.3, 0.4) is 0 Å². The van der Waals surface area contributed by atoms with Crippen LogP contribution < -0.4 is 0 Å². The highest BCUT2D eigenvalue weighted by Gasteiger charge is 2.24. The predicted molar refractivity (Wildman–Crippen MR) is 88.5 cm³/mol. The van der Waals surface area contributed by atoms with Gasteiger partial charge in [0.25, 0.3) is 0 Å². The molecule has 1 fully saturated rings. The molecular weight excluding hydrogens is 333 g/mol. The standard InChI is InChI=1S/C17H19ClFN3O2/c18-14-4-1-5-15(19)13(14)10-21-7-2-3-12(9-21)16-6-8-22(20-16)11-17(23)24/h1,4-6,8,12H,2-3,7,9-11H2,(H,23,24). The molecular formula is C17H19ClFN3O2. The zero-order valence-corrected chi connectivity index (χ0v) is 13.9. The quantitative estimate of drug-likeness (QED) is 0.899. The fourth-order valence-corrected chi connectivity index (χ4v) is 3.39. The van der Waals surface area contributed by atoms with E-state index in [0.29, 0.717) is 17.1 Å². The van der Waals surface area contributed by atoms with Crippen LogP contribution in [0.1, 0.15) is 30.0 Å². The van der Waals surface area contributed by atoms with Gasteiger partial charge in [-0.1, -0.05) is 17.7 Å². The zero-order valence-electron chi connectivity index (χ0n) is 13.2. The Morgan fingerprint density at radius 1 is 1.42 bits per heavy atom. The summed E-state index contributed by atoms with van der Waals surface area (Å²) in [6.07, 6.45) is 3.67. The SMILES string of the molecule is O=C(O)Cn1ccc(C2CCCN(Cc3c(F)cccc3Cl)C2)n1. The Bertz CT molecular complexity index is 714. The van der Waals surface area contributed by atoms with E-state index < -0.39 is 5.97 Å². The topological polar surface area (TPSA) is 58.4 Å². The number of halogens is 2. The molecule has 3 rings (SSSR count). The number of piperidine rings is 1. The normalized spacial score (nSPS) is 18.7. The summed E-state index contributed by atoms with van der Waals surface area (Å²) in [4.78, 5) is 12.9. The molecule has 5 nitrogen and oxygen atoms in total. The van der Waals surface area contributed by atoms with Gasteiger partial charge in [0.15, 0.2) is 0 Å². The second-order valence-corrected chi connectivity index (χ2v) is 6.51. The van der Waals surface area contributed by atoms with E-state index in [0.717, 1.165) is 31.6 Å². The van der Waals surface area contributed by atoms with Gasteiger partial charge in [-0.05, 0) is 37.6 Å². The van der Waals surface area contributed by atoms with Gasteiger partial charge in [0.05, 0.1) is 5.69 Å². The van der Waals surface area contributed by atoms with Crippen molar-refractivity contribution in [1.29, 1.82) is 0 Å². The van der Waals surface area contributed by atoms with Gasteiger partial charge in [-0.25, -0.2) is 4.39 Å². The summed E-state index contributed by atoms with van der Waals surface area (Å²) >= 11 is 6.12. The van der Waals surface area contributed by atoms with Crippen LogP contribution in [0.5, 0.6) is 0 Å². The van der Waals surface area contributed by atoms with Gasteiger partial charge >= 0.3 is 5.97 Å². The minimum Gasteiger partial charge on any atom is -0.480 e. The minimum absolute atomic E-state index is 0.138. The number of hydrogen-bond acceptors (Lipinski definition) is 3. The number of benzene rings is 1. The van der Waals surface area contributed by atoms with E-state index in [1.807, 2.05) is 6.07 Å². The molecule has 0 bridgehead atoms. The highest BCUT2D eigenvalue weighted by atomic mass is 35.5. The molecule has 0 saturated carbocycles. The van der Waals surface area contributed by atoms with Crippen molar-refractivity contribution >= 4 is 17.6 Å². The summed E-state index contributed by atoms with van der Waals surface area (Å²) in [5.74, 6) is -0.973. The third-order valence-electron chi connectivity index (χ3n) is 4.33. The van der Waals surface area contributed by atoms with Crippen LogP contribution in [0.2, 0.25) is 5.02 Å². The fraction of sp³-hybridized carbons (Fsp3) is 0.412. The highest BCUT2D eigenvalue weighted by Crippen LogP contribution is 2.28. The summed E-state index contributed by atoms with van der Waals surface area (Å²) < 4.78 is 15.4. The van der Waals surface area contributed by atoms with Crippen LogP contribution in [0.25, 0.3) is 0 Å². The molecule has 0 aliphatic carbocycles. The fourth-order valence-electron chi connectivity index (χ4n) is 3.17. The van der Waals surface area contributed by atoms with Crippen molar-refractivity contribution < 1.29 is 14.3 Å². The van der Waals surface area contributed by atoms with E-state index in [-0.39, 0.29) is 18.3 Å². The largest absolute Gasteiger partial charge is 0.480 e. The van der Waals surface area contributed by atoms with Crippen molar-refractivity contribution in [3.63, 3.8) is 0 Å². The number of nitrogens with zero attached hydrogens (tertiary/aromatic N) is 3. The molecule has 1 aromatic heterocycles. The molecule has 2 aromatic rings. The maximum absolute atomic E-state index is 14.0. The van der Waals surface area contributed by atoms with Gasteiger partial charge in [-0.2, -0.15) is 5.10 Å².